The second kappa shape index (κ2) is 4.78. The molecule has 0 amide bonds. The minimum Gasteiger partial charge on any atom is -0.484 e. The van der Waals surface area contributed by atoms with E-state index in [9.17, 15) is 4.79 Å². The Morgan fingerprint density at radius 2 is 1.75 bits per heavy atom. The van der Waals surface area contributed by atoms with Crippen molar-refractivity contribution in [3.05, 3.63) is 64.2 Å². The van der Waals surface area contributed by atoms with Gasteiger partial charge in [-0.2, -0.15) is 0 Å². The van der Waals surface area contributed by atoms with Gasteiger partial charge in [0.2, 0.25) is 0 Å². The molecule has 0 saturated carbocycles. The predicted molar refractivity (Wildman–Crippen MR) is 79.4 cm³/mol. The highest BCUT2D eigenvalue weighted by molar-refractivity contribution is 6.00. The molecule has 20 heavy (non-hydrogen) atoms. The summed E-state index contributed by atoms with van der Waals surface area (Å²) >= 11 is 0. The van der Waals surface area contributed by atoms with Gasteiger partial charge < -0.3 is 4.74 Å². The van der Waals surface area contributed by atoms with Gasteiger partial charge in [0.05, 0.1) is 12.0 Å². The molecule has 1 aliphatic rings. The van der Waals surface area contributed by atoms with Crippen LogP contribution < -0.4 is 4.74 Å². The fourth-order valence-corrected chi connectivity index (χ4v) is 2.93. The number of ketones is 1. The molecule has 0 aliphatic carbocycles. The lowest BCUT2D eigenvalue weighted by molar-refractivity contribution is 0.0848. The monoisotopic (exact) mass is 266 g/mol. The third-order valence-corrected chi connectivity index (χ3v) is 3.94. The van der Waals surface area contributed by atoms with E-state index in [0.29, 0.717) is 17.7 Å². The molecular weight excluding hydrogens is 248 g/mol. The normalized spacial score (nSPS) is 17.6. The quantitative estimate of drug-likeness (QED) is 0.768. The number of hydrogen-bond donors (Lipinski definition) is 0. The molecule has 0 spiro atoms. The number of fused-ring (bicyclic) bond motifs is 1. The molecule has 0 bridgehead atoms. The van der Waals surface area contributed by atoms with Gasteiger partial charge >= 0.3 is 0 Å². The summed E-state index contributed by atoms with van der Waals surface area (Å²) in [6.07, 6.45) is 0.251. The molecule has 0 radical (unpaired) electrons. The maximum atomic E-state index is 12.4. The lowest BCUT2D eigenvalue weighted by Gasteiger charge is -2.28. The first kappa shape index (κ1) is 12.9. The van der Waals surface area contributed by atoms with Gasteiger partial charge in [-0.05, 0) is 49.6 Å². The van der Waals surface area contributed by atoms with Gasteiger partial charge in [-0.1, -0.05) is 29.8 Å². The van der Waals surface area contributed by atoms with Crippen molar-refractivity contribution in [1.29, 1.82) is 0 Å². The van der Waals surface area contributed by atoms with Crippen molar-refractivity contribution < 1.29 is 9.53 Å². The van der Waals surface area contributed by atoms with Crippen LogP contribution in [0.25, 0.3) is 0 Å². The summed E-state index contributed by atoms with van der Waals surface area (Å²) in [6, 6.07) is 12.0. The number of ether oxygens (including phenoxy) is 1. The molecule has 2 aromatic rings. The zero-order valence-corrected chi connectivity index (χ0v) is 12.1. The topological polar surface area (TPSA) is 26.3 Å². The highest BCUT2D eigenvalue weighted by Gasteiger charge is 2.29. The summed E-state index contributed by atoms with van der Waals surface area (Å²) in [7, 11) is 0. The Morgan fingerprint density at radius 3 is 2.45 bits per heavy atom. The molecule has 0 fully saturated rings. The number of benzene rings is 2. The largest absolute Gasteiger partial charge is 0.484 e. The van der Waals surface area contributed by atoms with Crippen LogP contribution in [-0.2, 0) is 0 Å². The van der Waals surface area contributed by atoms with Gasteiger partial charge in [0, 0.05) is 0 Å². The molecule has 1 unspecified atom stereocenters. The minimum absolute atomic E-state index is 0.168. The van der Waals surface area contributed by atoms with E-state index in [0.717, 1.165) is 11.1 Å². The summed E-state index contributed by atoms with van der Waals surface area (Å²) in [6.45, 7) is 6.13. The molecule has 3 rings (SSSR count). The minimum atomic E-state index is -0.168. The van der Waals surface area contributed by atoms with Crippen LogP contribution in [0.15, 0.2) is 36.4 Å². The first-order valence-corrected chi connectivity index (χ1v) is 6.93. The number of Topliss-reactive ketones (excluding diaryl/α,β-unsaturated/α-hetero) is 1. The van der Waals surface area contributed by atoms with Crippen LogP contribution in [0.4, 0.5) is 0 Å². The fourth-order valence-electron chi connectivity index (χ4n) is 2.93. The SMILES string of the molecule is Cc1ccc2c(c1)C(=O)CC(c1c(C)cccc1C)O2. The first-order chi connectivity index (χ1) is 9.56. The number of aryl methyl sites for hydroxylation is 3. The van der Waals surface area contributed by atoms with Gasteiger partial charge in [-0.3, -0.25) is 4.79 Å². The van der Waals surface area contributed by atoms with Crippen LogP contribution in [-0.4, -0.2) is 5.78 Å². The molecule has 2 nitrogen and oxygen atoms in total. The standard InChI is InChI=1S/C18H18O2/c1-11-7-8-16-14(9-11)15(19)10-17(20-16)18-12(2)5-4-6-13(18)3/h4-9,17H,10H2,1-3H3. The molecule has 2 heteroatoms. The van der Waals surface area contributed by atoms with Gasteiger partial charge in [-0.25, -0.2) is 0 Å². The Bertz CT molecular complexity index is 666. The molecule has 0 N–H and O–H groups in total. The van der Waals surface area contributed by atoms with Crippen molar-refractivity contribution in [2.45, 2.75) is 33.3 Å². The van der Waals surface area contributed by atoms with Gasteiger partial charge in [0.1, 0.15) is 11.9 Å². The van der Waals surface area contributed by atoms with E-state index in [-0.39, 0.29) is 11.9 Å². The van der Waals surface area contributed by atoms with Crippen molar-refractivity contribution in [1.82, 2.24) is 0 Å². The summed E-state index contributed by atoms with van der Waals surface area (Å²) < 4.78 is 6.08. The number of carbonyl (C=O) groups is 1. The lowest BCUT2D eigenvalue weighted by Crippen LogP contribution is -2.21. The summed E-state index contributed by atoms with van der Waals surface area (Å²) in [5.41, 5.74) is 5.31. The van der Waals surface area contributed by atoms with Gasteiger partial charge in [0.15, 0.2) is 5.78 Å². The molecule has 1 atom stereocenters. The summed E-state index contributed by atoms with van der Waals surface area (Å²) in [5.74, 6) is 0.877. The third-order valence-electron chi connectivity index (χ3n) is 3.94. The van der Waals surface area contributed by atoms with Crippen molar-refractivity contribution in [2.24, 2.45) is 0 Å². The molecule has 102 valence electrons. The average molecular weight is 266 g/mol. The predicted octanol–water partition coefficient (Wildman–Crippen LogP) is 4.32. The van der Waals surface area contributed by atoms with E-state index in [1.165, 1.54) is 11.1 Å². The first-order valence-electron chi connectivity index (χ1n) is 6.93. The Morgan fingerprint density at radius 1 is 1.05 bits per heavy atom. The van der Waals surface area contributed by atoms with E-state index < -0.39 is 0 Å². The van der Waals surface area contributed by atoms with Gasteiger partial charge in [-0.15, -0.1) is 0 Å². The van der Waals surface area contributed by atoms with Crippen LogP contribution in [0.5, 0.6) is 5.75 Å². The highest BCUT2D eigenvalue weighted by Crippen LogP contribution is 2.37. The Balaban J connectivity index is 2.04. The molecular formula is C18H18O2. The van der Waals surface area contributed by atoms with Crippen LogP contribution in [0.1, 0.15) is 45.1 Å². The maximum Gasteiger partial charge on any atom is 0.170 e. The highest BCUT2D eigenvalue weighted by atomic mass is 16.5. The van der Waals surface area contributed by atoms with Crippen LogP contribution in [0.2, 0.25) is 0 Å². The van der Waals surface area contributed by atoms with E-state index >= 15 is 0 Å². The maximum absolute atomic E-state index is 12.4. The fraction of sp³-hybridized carbons (Fsp3) is 0.278. The number of carbonyl (C=O) groups excluding carboxylic acids is 1. The van der Waals surface area contributed by atoms with Crippen LogP contribution >= 0.6 is 0 Å². The second-order valence-corrected chi connectivity index (χ2v) is 5.54. The molecule has 1 aliphatic heterocycles. The Hall–Kier alpha value is -2.09. The second-order valence-electron chi connectivity index (χ2n) is 5.54. The average Bonchev–Trinajstić information content (AvgIpc) is 2.39. The van der Waals surface area contributed by atoms with Gasteiger partial charge in [0.25, 0.3) is 0 Å². The van der Waals surface area contributed by atoms with Crippen molar-refractivity contribution >= 4 is 5.78 Å². The smallest absolute Gasteiger partial charge is 0.170 e. The Labute approximate surface area is 119 Å². The lowest BCUT2D eigenvalue weighted by atomic mass is 9.91. The van der Waals surface area contributed by atoms with Crippen LogP contribution in [0, 0.1) is 20.8 Å². The van der Waals surface area contributed by atoms with Crippen LogP contribution in [0.3, 0.4) is 0 Å². The number of rotatable bonds is 1. The van der Waals surface area contributed by atoms with E-state index in [1.54, 1.807) is 0 Å². The summed E-state index contributed by atoms with van der Waals surface area (Å²) in [4.78, 5) is 12.4. The molecule has 0 saturated heterocycles. The van der Waals surface area contributed by atoms with E-state index in [2.05, 4.69) is 26.0 Å². The molecule has 0 aromatic heterocycles. The summed E-state index contributed by atoms with van der Waals surface area (Å²) in [5, 5.41) is 0. The van der Waals surface area contributed by atoms with Crippen molar-refractivity contribution in [3.63, 3.8) is 0 Å². The van der Waals surface area contributed by atoms with Crippen molar-refractivity contribution in [2.75, 3.05) is 0 Å². The zero-order chi connectivity index (χ0) is 14.3. The third kappa shape index (κ3) is 2.11. The van der Waals surface area contributed by atoms with Crippen molar-refractivity contribution in [3.8, 4) is 5.75 Å². The van der Waals surface area contributed by atoms with E-state index in [4.69, 9.17) is 4.74 Å². The van der Waals surface area contributed by atoms with E-state index in [1.807, 2.05) is 31.2 Å². The molecule has 2 aromatic carbocycles. The number of hydrogen-bond acceptors (Lipinski definition) is 2. The molecule has 1 heterocycles. The Kier molecular flexibility index (Phi) is 3.09. The zero-order valence-electron chi connectivity index (χ0n) is 12.1.